The number of nitrogens with one attached hydrogen (secondary N) is 1. The fourth-order valence-corrected chi connectivity index (χ4v) is 1.47. The Morgan fingerprint density at radius 3 is 2.94 bits per heavy atom. The van der Waals surface area contributed by atoms with E-state index in [0.717, 1.165) is 13.1 Å². The van der Waals surface area contributed by atoms with E-state index in [0.29, 0.717) is 13.2 Å². The molecular formula is C10H18N2O4. The summed E-state index contributed by atoms with van der Waals surface area (Å²) >= 11 is 0. The SMILES string of the molecule is CCOC(=O)C(=O)NCC1CN(C)CCO1. The number of amides is 1. The number of hydrogen-bond acceptors (Lipinski definition) is 5. The Hall–Kier alpha value is -1.14. The molecule has 1 heterocycles. The van der Waals surface area contributed by atoms with Crippen LogP contribution in [0.25, 0.3) is 0 Å². The fourth-order valence-electron chi connectivity index (χ4n) is 1.47. The third-order valence-electron chi connectivity index (χ3n) is 2.29. The zero-order valence-corrected chi connectivity index (χ0v) is 9.69. The largest absolute Gasteiger partial charge is 0.459 e. The normalized spacial score (nSPS) is 21.5. The molecule has 1 aliphatic heterocycles. The van der Waals surface area contributed by atoms with Gasteiger partial charge in [0.05, 0.1) is 19.3 Å². The summed E-state index contributed by atoms with van der Waals surface area (Å²) in [5.41, 5.74) is 0. The van der Waals surface area contributed by atoms with Crippen molar-refractivity contribution in [3.63, 3.8) is 0 Å². The molecule has 1 saturated heterocycles. The van der Waals surface area contributed by atoms with Crippen molar-refractivity contribution in [2.45, 2.75) is 13.0 Å². The molecular weight excluding hydrogens is 212 g/mol. The summed E-state index contributed by atoms with van der Waals surface area (Å²) in [6.07, 6.45) is -0.0582. The van der Waals surface area contributed by atoms with E-state index in [1.54, 1.807) is 6.92 Å². The van der Waals surface area contributed by atoms with E-state index in [4.69, 9.17) is 4.74 Å². The predicted octanol–water partition coefficient (Wildman–Crippen LogP) is -1.00. The van der Waals surface area contributed by atoms with E-state index in [-0.39, 0.29) is 12.7 Å². The number of likely N-dealkylation sites (N-methyl/N-ethyl adjacent to an activating group) is 1. The Kier molecular flexibility index (Phi) is 5.21. The first-order valence-electron chi connectivity index (χ1n) is 5.38. The molecule has 0 aliphatic carbocycles. The summed E-state index contributed by atoms with van der Waals surface area (Å²) in [5, 5.41) is 2.49. The minimum Gasteiger partial charge on any atom is -0.459 e. The van der Waals surface area contributed by atoms with Crippen LogP contribution in [0.2, 0.25) is 0 Å². The zero-order valence-electron chi connectivity index (χ0n) is 9.69. The summed E-state index contributed by atoms with van der Waals surface area (Å²) < 4.78 is 9.99. The van der Waals surface area contributed by atoms with Gasteiger partial charge in [-0.25, -0.2) is 4.79 Å². The van der Waals surface area contributed by atoms with Crippen molar-refractivity contribution in [2.75, 3.05) is 39.9 Å². The number of esters is 1. The standard InChI is InChI=1S/C10H18N2O4/c1-3-15-10(14)9(13)11-6-8-7-12(2)4-5-16-8/h8H,3-7H2,1-2H3,(H,11,13). The van der Waals surface area contributed by atoms with Gasteiger partial charge in [-0.2, -0.15) is 0 Å². The van der Waals surface area contributed by atoms with Crippen LogP contribution in [0.1, 0.15) is 6.92 Å². The zero-order chi connectivity index (χ0) is 12.0. The van der Waals surface area contributed by atoms with Crippen molar-refractivity contribution in [1.82, 2.24) is 10.2 Å². The van der Waals surface area contributed by atoms with Gasteiger partial charge in [0.2, 0.25) is 0 Å². The minimum absolute atomic E-state index is 0.0582. The lowest BCUT2D eigenvalue weighted by molar-refractivity contribution is -0.154. The first kappa shape index (κ1) is 12.9. The summed E-state index contributed by atoms with van der Waals surface area (Å²) in [7, 11) is 1.99. The highest BCUT2D eigenvalue weighted by Gasteiger charge is 2.20. The van der Waals surface area contributed by atoms with Crippen molar-refractivity contribution in [2.24, 2.45) is 0 Å². The van der Waals surface area contributed by atoms with Gasteiger partial charge in [0, 0.05) is 19.6 Å². The molecule has 1 N–H and O–H groups in total. The number of rotatable bonds is 3. The molecule has 6 heteroatoms. The average molecular weight is 230 g/mol. The smallest absolute Gasteiger partial charge is 0.396 e. The Morgan fingerprint density at radius 2 is 2.31 bits per heavy atom. The van der Waals surface area contributed by atoms with E-state index in [2.05, 4.69) is 15.0 Å². The Morgan fingerprint density at radius 1 is 1.56 bits per heavy atom. The highest BCUT2D eigenvalue weighted by atomic mass is 16.5. The first-order chi connectivity index (χ1) is 7.63. The molecule has 0 saturated carbocycles. The Bertz CT molecular complexity index is 257. The molecule has 16 heavy (non-hydrogen) atoms. The van der Waals surface area contributed by atoms with Crippen LogP contribution >= 0.6 is 0 Å². The van der Waals surface area contributed by atoms with E-state index in [1.165, 1.54) is 0 Å². The number of morpholine rings is 1. The number of hydrogen-bond donors (Lipinski definition) is 1. The van der Waals surface area contributed by atoms with Crippen molar-refractivity contribution in [3.05, 3.63) is 0 Å². The second kappa shape index (κ2) is 6.44. The van der Waals surface area contributed by atoms with Crippen LogP contribution in [0, 0.1) is 0 Å². The first-order valence-corrected chi connectivity index (χ1v) is 5.38. The summed E-state index contributed by atoms with van der Waals surface area (Å²) in [6, 6.07) is 0. The van der Waals surface area contributed by atoms with Crippen molar-refractivity contribution in [1.29, 1.82) is 0 Å². The van der Waals surface area contributed by atoms with Crippen molar-refractivity contribution < 1.29 is 19.1 Å². The molecule has 0 aromatic carbocycles. The molecule has 0 bridgehead atoms. The highest BCUT2D eigenvalue weighted by Crippen LogP contribution is 2.01. The van der Waals surface area contributed by atoms with Gasteiger partial charge in [0.1, 0.15) is 0 Å². The van der Waals surface area contributed by atoms with Gasteiger partial charge in [0.15, 0.2) is 0 Å². The second-order valence-corrected chi connectivity index (χ2v) is 3.69. The van der Waals surface area contributed by atoms with Crippen LogP contribution in [0.5, 0.6) is 0 Å². The number of carbonyl (C=O) groups is 2. The molecule has 1 rings (SSSR count). The molecule has 1 atom stereocenters. The topological polar surface area (TPSA) is 67.9 Å². The average Bonchev–Trinajstić information content (AvgIpc) is 2.26. The van der Waals surface area contributed by atoms with Gasteiger partial charge in [-0.3, -0.25) is 4.79 Å². The summed E-state index contributed by atoms with van der Waals surface area (Å²) in [4.78, 5) is 24.3. The highest BCUT2D eigenvalue weighted by molar-refractivity contribution is 6.32. The summed E-state index contributed by atoms with van der Waals surface area (Å²) in [6.45, 7) is 4.49. The van der Waals surface area contributed by atoms with Gasteiger partial charge in [-0.15, -0.1) is 0 Å². The van der Waals surface area contributed by atoms with E-state index >= 15 is 0 Å². The van der Waals surface area contributed by atoms with Crippen LogP contribution < -0.4 is 5.32 Å². The molecule has 1 fully saturated rings. The van der Waals surface area contributed by atoms with Gasteiger partial charge in [0.25, 0.3) is 0 Å². The van der Waals surface area contributed by atoms with E-state index in [9.17, 15) is 9.59 Å². The maximum atomic E-state index is 11.2. The van der Waals surface area contributed by atoms with Gasteiger partial charge >= 0.3 is 11.9 Å². The van der Waals surface area contributed by atoms with E-state index < -0.39 is 11.9 Å². The van der Waals surface area contributed by atoms with E-state index in [1.807, 2.05) is 7.05 Å². The van der Waals surface area contributed by atoms with Crippen LogP contribution in [0.4, 0.5) is 0 Å². The lowest BCUT2D eigenvalue weighted by atomic mass is 10.3. The third kappa shape index (κ3) is 4.16. The van der Waals surface area contributed by atoms with Crippen LogP contribution in [-0.2, 0) is 19.1 Å². The van der Waals surface area contributed by atoms with Crippen molar-refractivity contribution in [3.8, 4) is 0 Å². The molecule has 0 spiro atoms. The second-order valence-electron chi connectivity index (χ2n) is 3.69. The maximum absolute atomic E-state index is 11.2. The van der Waals surface area contributed by atoms with Crippen molar-refractivity contribution >= 4 is 11.9 Å². The molecule has 1 unspecified atom stereocenters. The molecule has 0 aromatic heterocycles. The quantitative estimate of drug-likeness (QED) is 0.497. The fraction of sp³-hybridized carbons (Fsp3) is 0.800. The van der Waals surface area contributed by atoms with Crippen LogP contribution in [-0.4, -0.2) is 62.8 Å². The lowest BCUT2D eigenvalue weighted by Gasteiger charge is -2.29. The number of nitrogens with zero attached hydrogens (tertiary/aromatic N) is 1. The number of ether oxygens (including phenoxy) is 2. The molecule has 0 aromatic rings. The summed E-state index contributed by atoms with van der Waals surface area (Å²) in [5.74, 6) is -1.55. The molecule has 6 nitrogen and oxygen atoms in total. The number of carbonyl (C=O) groups excluding carboxylic acids is 2. The van der Waals surface area contributed by atoms with Crippen LogP contribution in [0.15, 0.2) is 0 Å². The van der Waals surface area contributed by atoms with Gasteiger partial charge in [-0.05, 0) is 14.0 Å². The molecule has 92 valence electrons. The lowest BCUT2D eigenvalue weighted by Crippen LogP contribution is -2.47. The van der Waals surface area contributed by atoms with Gasteiger partial charge < -0.3 is 19.7 Å². The molecule has 1 aliphatic rings. The predicted molar refractivity (Wildman–Crippen MR) is 56.9 cm³/mol. The Labute approximate surface area is 94.9 Å². The molecule has 1 amide bonds. The maximum Gasteiger partial charge on any atom is 0.396 e. The molecule has 0 radical (unpaired) electrons. The Balaban J connectivity index is 2.23. The minimum atomic E-state index is -0.841. The third-order valence-corrected chi connectivity index (χ3v) is 2.29. The van der Waals surface area contributed by atoms with Crippen LogP contribution in [0.3, 0.4) is 0 Å². The van der Waals surface area contributed by atoms with Gasteiger partial charge in [-0.1, -0.05) is 0 Å². The monoisotopic (exact) mass is 230 g/mol.